The molecule has 0 atom stereocenters. The Morgan fingerprint density at radius 1 is 1.16 bits per heavy atom. The van der Waals surface area contributed by atoms with Crippen molar-refractivity contribution in [3.8, 4) is 0 Å². The van der Waals surface area contributed by atoms with Crippen molar-refractivity contribution < 1.29 is 9.90 Å². The third-order valence-corrected chi connectivity index (χ3v) is 4.93. The lowest BCUT2D eigenvalue weighted by Gasteiger charge is -2.34. The SMILES string of the molecule is O=C1NC(N2CCN(CCO)CC2)=NC1=C1C=CCc2ccccc21. The summed E-state index contributed by atoms with van der Waals surface area (Å²) in [6.07, 6.45) is 4.97. The average molecular weight is 338 g/mol. The highest BCUT2D eigenvalue weighted by Gasteiger charge is 2.29. The highest BCUT2D eigenvalue weighted by molar-refractivity contribution is 6.16. The molecule has 130 valence electrons. The molecule has 1 saturated heterocycles. The van der Waals surface area contributed by atoms with Crippen LogP contribution in [0.1, 0.15) is 11.1 Å². The van der Waals surface area contributed by atoms with Gasteiger partial charge in [-0.3, -0.25) is 15.0 Å². The van der Waals surface area contributed by atoms with Gasteiger partial charge in [-0.1, -0.05) is 36.4 Å². The molecule has 0 bridgehead atoms. The van der Waals surface area contributed by atoms with Crippen LogP contribution in [0, 0.1) is 0 Å². The van der Waals surface area contributed by atoms with Gasteiger partial charge in [0.15, 0.2) is 0 Å². The highest BCUT2D eigenvalue weighted by atomic mass is 16.3. The van der Waals surface area contributed by atoms with E-state index in [1.165, 1.54) is 5.56 Å². The zero-order valence-electron chi connectivity index (χ0n) is 14.1. The van der Waals surface area contributed by atoms with Gasteiger partial charge in [0.1, 0.15) is 5.70 Å². The lowest BCUT2D eigenvalue weighted by Crippen LogP contribution is -2.52. The number of fused-ring (bicyclic) bond motifs is 1. The molecule has 0 spiro atoms. The van der Waals surface area contributed by atoms with Gasteiger partial charge in [-0.15, -0.1) is 0 Å². The van der Waals surface area contributed by atoms with Gasteiger partial charge in [0.05, 0.1) is 6.61 Å². The summed E-state index contributed by atoms with van der Waals surface area (Å²) in [5.74, 6) is 0.511. The van der Waals surface area contributed by atoms with E-state index in [0.717, 1.165) is 43.7 Å². The molecule has 6 heteroatoms. The number of benzene rings is 1. The molecule has 2 N–H and O–H groups in total. The first kappa shape index (κ1) is 16.1. The monoisotopic (exact) mass is 338 g/mol. The summed E-state index contributed by atoms with van der Waals surface area (Å²) in [6, 6.07) is 8.17. The van der Waals surface area contributed by atoms with Crippen molar-refractivity contribution in [1.29, 1.82) is 0 Å². The highest BCUT2D eigenvalue weighted by Crippen LogP contribution is 2.30. The van der Waals surface area contributed by atoms with E-state index in [1.807, 2.05) is 18.2 Å². The number of nitrogens with one attached hydrogen (secondary N) is 1. The molecule has 25 heavy (non-hydrogen) atoms. The molecule has 2 heterocycles. The largest absolute Gasteiger partial charge is 0.395 e. The molecule has 0 aromatic heterocycles. The van der Waals surface area contributed by atoms with Crippen molar-refractivity contribution in [3.63, 3.8) is 0 Å². The van der Waals surface area contributed by atoms with Crippen molar-refractivity contribution in [2.24, 2.45) is 4.99 Å². The van der Waals surface area contributed by atoms with E-state index >= 15 is 0 Å². The van der Waals surface area contributed by atoms with Gasteiger partial charge in [-0.2, -0.15) is 0 Å². The number of β-amino-alcohol motifs (C(OH)–C–C–N with tert-alkyl or cyclic N) is 1. The average Bonchev–Trinajstić information content (AvgIpc) is 3.04. The van der Waals surface area contributed by atoms with Crippen molar-refractivity contribution in [1.82, 2.24) is 15.1 Å². The number of piperazine rings is 1. The maximum absolute atomic E-state index is 12.5. The first-order chi connectivity index (χ1) is 12.3. The quantitative estimate of drug-likeness (QED) is 0.775. The van der Waals surface area contributed by atoms with Crippen LogP contribution < -0.4 is 5.32 Å². The minimum Gasteiger partial charge on any atom is -0.395 e. The molecule has 0 saturated carbocycles. The summed E-state index contributed by atoms with van der Waals surface area (Å²) in [7, 11) is 0. The Hall–Kier alpha value is -2.44. The minimum atomic E-state index is -0.135. The number of amides is 1. The minimum absolute atomic E-state index is 0.135. The first-order valence-electron chi connectivity index (χ1n) is 8.73. The van der Waals surface area contributed by atoms with Gasteiger partial charge >= 0.3 is 0 Å². The first-order valence-corrected chi connectivity index (χ1v) is 8.73. The molecular weight excluding hydrogens is 316 g/mol. The van der Waals surface area contributed by atoms with Gasteiger partial charge in [-0.05, 0) is 17.5 Å². The Morgan fingerprint density at radius 2 is 1.96 bits per heavy atom. The summed E-state index contributed by atoms with van der Waals surface area (Å²) in [6.45, 7) is 4.21. The molecule has 4 rings (SSSR count). The standard InChI is InChI=1S/C19H22N4O2/c24-13-12-22-8-10-23(11-9-22)19-20-17(18(25)21-19)16-7-3-5-14-4-1-2-6-15(14)16/h1-4,6-7,24H,5,8-13H2,(H,20,21,25). The van der Waals surface area contributed by atoms with Gasteiger partial charge in [0, 0.05) is 38.3 Å². The Bertz CT molecular complexity index is 773. The van der Waals surface area contributed by atoms with Crippen molar-refractivity contribution in [3.05, 3.63) is 53.2 Å². The summed E-state index contributed by atoms with van der Waals surface area (Å²) in [4.78, 5) is 21.5. The van der Waals surface area contributed by atoms with Crippen LogP contribution in [0.25, 0.3) is 5.57 Å². The predicted molar refractivity (Wildman–Crippen MR) is 96.9 cm³/mol. The number of carbonyl (C=O) groups is 1. The van der Waals surface area contributed by atoms with Crippen LogP contribution in [0.3, 0.4) is 0 Å². The van der Waals surface area contributed by atoms with Crippen molar-refractivity contribution >= 4 is 17.4 Å². The van der Waals surface area contributed by atoms with Crippen molar-refractivity contribution in [2.45, 2.75) is 6.42 Å². The summed E-state index contributed by atoms with van der Waals surface area (Å²) in [5.41, 5.74) is 3.71. The molecule has 1 aliphatic carbocycles. The van der Waals surface area contributed by atoms with E-state index < -0.39 is 0 Å². The Morgan fingerprint density at radius 3 is 2.76 bits per heavy atom. The molecule has 1 amide bonds. The van der Waals surface area contributed by atoms with Gasteiger partial charge in [0.25, 0.3) is 5.91 Å². The molecule has 0 unspecified atom stereocenters. The molecule has 1 aromatic carbocycles. The predicted octanol–water partition coefficient (Wildman–Crippen LogP) is 0.606. The Balaban J connectivity index is 1.59. The summed E-state index contributed by atoms with van der Waals surface area (Å²) < 4.78 is 0. The smallest absolute Gasteiger partial charge is 0.277 e. The number of allylic oxidation sites excluding steroid dienone is 3. The maximum Gasteiger partial charge on any atom is 0.277 e. The Kier molecular flexibility index (Phi) is 4.38. The number of rotatable bonds is 2. The van der Waals surface area contributed by atoms with Crippen LogP contribution >= 0.6 is 0 Å². The number of aliphatic hydroxyl groups is 1. The third-order valence-electron chi connectivity index (χ3n) is 4.93. The second kappa shape index (κ2) is 6.82. The van der Waals surface area contributed by atoms with Gasteiger partial charge in [-0.25, -0.2) is 4.99 Å². The molecule has 3 aliphatic rings. The number of nitrogens with zero attached hydrogens (tertiary/aromatic N) is 3. The van der Waals surface area contributed by atoms with Crippen molar-refractivity contribution in [2.75, 3.05) is 39.3 Å². The summed E-state index contributed by atoms with van der Waals surface area (Å²) >= 11 is 0. The molecule has 2 aliphatic heterocycles. The van der Waals surface area contributed by atoms with Gasteiger partial charge < -0.3 is 10.0 Å². The van der Waals surface area contributed by atoms with E-state index in [0.29, 0.717) is 18.2 Å². The molecule has 6 nitrogen and oxygen atoms in total. The number of guanidine groups is 1. The van der Waals surface area contributed by atoms with E-state index in [4.69, 9.17) is 5.11 Å². The zero-order chi connectivity index (χ0) is 17.2. The number of hydrogen-bond donors (Lipinski definition) is 2. The molecule has 0 radical (unpaired) electrons. The fraction of sp³-hybridized carbons (Fsp3) is 0.368. The summed E-state index contributed by atoms with van der Waals surface area (Å²) in [5, 5.41) is 12.0. The third kappa shape index (κ3) is 3.10. The number of carbonyl (C=O) groups excluding carboxylic acids is 1. The number of hydrogen-bond acceptors (Lipinski definition) is 5. The van der Waals surface area contributed by atoms with Gasteiger partial charge in [0.2, 0.25) is 5.96 Å². The van der Waals surface area contributed by atoms with Crippen LogP contribution in [0.2, 0.25) is 0 Å². The topological polar surface area (TPSA) is 68.2 Å². The van der Waals surface area contributed by atoms with E-state index in [9.17, 15) is 4.79 Å². The van der Waals surface area contributed by atoms with E-state index in [1.54, 1.807) is 0 Å². The second-order valence-corrected chi connectivity index (χ2v) is 6.47. The van der Waals surface area contributed by atoms with Crippen LogP contribution in [-0.4, -0.2) is 66.1 Å². The van der Waals surface area contributed by atoms with Crippen LogP contribution in [-0.2, 0) is 11.2 Å². The van der Waals surface area contributed by atoms with Crippen LogP contribution in [0.4, 0.5) is 0 Å². The molecule has 1 fully saturated rings. The fourth-order valence-electron chi connectivity index (χ4n) is 3.56. The molecule has 1 aromatic rings. The number of aliphatic imine (C=N–C) groups is 1. The van der Waals surface area contributed by atoms with E-state index in [2.05, 4.69) is 38.3 Å². The second-order valence-electron chi connectivity index (χ2n) is 6.47. The zero-order valence-corrected chi connectivity index (χ0v) is 14.1. The maximum atomic E-state index is 12.5. The lowest BCUT2D eigenvalue weighted by molar-refractivity contribution is -0.115. The normalized spacial score (nSPS) is 23.5. The lowest BCUT2D eigenvalue weighted by atomic mass is 9.91. The molecular formula is C19H22N4O2. The Labute approximate surface area is 147 Å². The fourth-order valence-corrected chi connectivity index (χ4v) is 3.56. The van der Waals surface area contributed by atoms with Crippen LogP contribution in [0.15, 0.2) is 47.1 Å². The van der Waals surface area contributed by atoms with Crippen LogP contribution in [0.5, 0.6) is 0 Å². The van der Waals surface area contributed by atoms with E-state index in [-0.39, 0.29) is 12.5 Å². The number of aliphatic hydroxyl groups excluding tert-OH is 1.